The maximum absolute atomic E-state index is 12.8. The Bertz CT molecular complexity index is 956. The number of halogens is 3. The van der Waals surface area contributed by atoms with Gasteiger partial charge in [-0.05, 0) is 80.6 Å². The maximum Gasteiger partial charge on any atom is 0.416 e. The van der Waals surface area contributed by atoms with E-state index in [1.165, 1.54) is 47.5 Å². The van der Waals surface area contributed by atoms with Crippen molar-refractivity contribution < 1.29 is 27.4 Å². The van der Waals surface area contributed by atoms with Crippen molar-refractivity contribution in [3.63, 3.8) is 0 Å². The molecule has 2 aromatic carbocycles. The molecule has 1 fully saturated rings. The van der Waals surface area contributed by atoms with Crippen molar-refractivity contribution in [2.24, 2.45) is 0 Å². The van der Waals surface area contributed by atoms with Crippen molar-refractivity contribution in [2.45, 2.75) is 50.3 Å². The first-order valence-electron chi connectivity index (χ1n) is 10.5. The third-order valence-electron chi connectivity index (χ3n) is 5.63. The number of ether oxygens (including phenoxy) is 2. The molecule has 0 amide bonds. The van der Waals surface area contributed by atoms with E-state index in [1.807, 2.05) is 13.8 Å². The van der Waals surface area contributed by atoms with Crippen LogP contribution in [0, 0.1) is 13.8 Å². The molecule has 32 heavy (non-hydrogen) atoms. The van der Waals surface area contributed by atoms with Crippen LogP contribution in [-0.2, 0) is 32.2 Å². The number of esters is 1. The quantitative estimate of drug-likeness (QED) is 0.281. The Kier molecular flexibility index (Phi) is 7.28. The van der Waals surface area contributed by atoms with E-state index in [9.17, 15) is 18.0 Å². The summed E-state index contributed by atoms with van der Waals surface area (Å²) in [6.45, 7) is 8.89. The Balaban J connectivity index is 1.67. The zero-order valence-corrected chi connectivity index (χ0v) is 19.4. The normalized spacial score (nSPS) is 16.4. The largest absolute Gasteiger partial charge is 0.481 e. The van der Waals surface area contributed by atoms with Crippen LogP contribution in [0.4, 0.5) is 13.2 Å². The fourth-order valence-corrected chi connectivity index (χ4v) is 6.27. The molecule has 3 rings (SSSR count). The van der Waals surface area contributed by atoms with Crippen LogP contribution in [0.25, 0.3) is 0 Å². The topological polar surface area (TPSA) is 35.5 Å². The minimum Gasteiger partial charge on any atom is -0.481 e. The predicted octanol–water partition coefficient (Wildman–Crippen LogP) is 6.12. The van der Waals surface area contributed by atoms with Gasteiger partial charge in [0.25, 0.3) is 0 Å². The molecule has 0 saturated carbocycles. The first-order valence-corrected chi connectivity index (χ1v) is 12.0. The highest BCUT2D eigenvalue weighted by atomic mass is 32.2. The number of benzene rings is 2. The molecule has 0 N–H and O–H groups in total. The summed E-state index contributed by atoms with van der Waals surface area (Å²) in [5, 5.41) is 0. The first-order chi connectivity index (χ1) is 15.0. The smallest absolute Gasteiger partial charge is 0.416 e. The lowest BCUT2D eigenvalue weighted by Gasteiger charge is -2.27. The van der Waals surface area contributed by atoms with Crippen molar-refractivity contribution in [1.82, 2.24) is 0 Å². The summed E-state index contributed by atoms with van der Waals surface area (Å²) in [5.41, 5.74) is 0.295. The standard InChI is InChI=1S/C25H28F3O3S/c1-5-24(4,19-8-10-20(11-9-19)25(26,27)28)31-22(29)16-30-23-17(2)14-21(15-18(23)3)32-12-6-7-13-32/h5,8-11,14-15H,1,6-7,12-13,16H2,2-4H3/q+1. The van der Waals surface area contributed by atoms with Crippen LogP contribution < -0.4 is 4.74 Å². The van der Waals surface area contributed by atoms with E-state index in [2.05, 4.69) is 18.7 Å². The zero-order valence-electron chi connectivity index (χ0n) is 18.6. The highest BCUT2D eigenvalue weighted by molar-refractivity contribution is 7.97. The Morgan fingerprint density at radius 2 is 1.59 bits per heavy atom. The van der Waals surface area contributed by atoms with E-state index in [0.717, 1.165) is 23.3 Å². The predicted molar refractivity (Wildman–Crippen MR) is 121 cm³/mol. The molecule has 1 aliphatic rings. The van der Waals surface area contributed by atoms with Gasteiger partial charge < -0.3 is 9.47 Å². The van der Waals surface area contributed by atoms with Crippen molar-refractivity contribution in [1.29, 1.82) is 0 Å². The van der Waals surface area contributed by atoms with Gasteiger partial charge in [0.1, 0.15) is 17.3 Å². The van der Waals surface area contributed by atoms with Gasteiger partial charge in [-0.15, -0.1) is 0 Å². The number of aryl methyl sites for hydroxylation is 2. The second kappa shape index (κ2) is 9.61. The maximum atomic E-state index is 12.8. The van der Waals surface area contributed by atoms with E-state index in [0.29, 0.717) is 22.2 Å². The zero-order chi connectivity index (χ0) is 23.5. The second-order valence-corrected chi connectivity index (χ2v) is 10.4. The lowest BCUT2D eigenvalue weighted by atomic mass is 9.95. The average molecular weight is 466 g/mol. The number of hydrogen-bond donors (Lipinski definition) is 0. The Hall–Kier alpha value is -2.41. The highest BCUT2D eigenvalue weighted by Crippen LogP contribution is 2.34. The Morgan fingerprint density at radius 3 is 2.09 bits per heavy atom. The van der Waals surface area contributed by atoms with Crippen molar-refractivity contribution in [3.05, 3.63) is 71.3 Å². The highest BCUT2D eigenvalue weighted by Gasteiger charge is 2.33. The summed E-state index contributed by atoms with van der Waals surface area (Å²) < 4.78 is 49.8. The third-order valence-corrected chi connectivity index (χ3v) is 8.10. The fraction of sp³-hybridized carbons (Fsp3) is 0.400. The van der Waals surface area contributed by atoms with Crippen LogP contribution in [0.15, 0.2) is 53.9 Å². The van der Waals surface area contributed by atoms with Gasteiger partial charge in [-0.3, -0.25) is 0 Å². The lowest BCUT2D eigenvalue weighted by Crippen LogP contribution is -2.29. The number of rotatable bonds is 7. The fourth-order valence-electron chi connectivity index (χ4n) is 3.80. The molecule has 0 spiro atoms. The van der Waals surface area contributed by atoms with Crippen molar-refractivity contribution in [3.8, 4) is 5.75 Å². The second-order valence-electron chi connectivity index (χ2n) is 8.14. The van der Waals surface area contributed by atoms with Crippen LogP contribution in [0.2, 0.25) is 0 Å². The molecule has 3 nitrogen and oxygen atoms in total. The minimum absolute atomic E-state index is 0.296. The third kappa shape index (κ3) is 5.49. The SMILES string of the molecule is C=CC(C)(OC(=O)COc1c(C)cc([S+]2CCCC2)cc1C)c1ccc(C(F)(F)F)cc1. The number of carbonyl (C=O) groups is 1. The molecule has 1 unspecified atom stereocenters. The van der Waals surface area contributed by atoms with Gasteiger partial charge in [0, 0.05) is 10.9 Å². The summed E-state index contributed by atoms with van der Waals surface area (Å²) in [5.74, 6) is 2.49. The molecule has 1 atom stereocenters. The molecule has 0 radical (unpaired) electrons. The minimum atomic E-state index is -4.43. The van der Waals surface area contributed by atoms with E-state index < -0.39 is 23.3 Å². The molecular formula is C25H28F3O3S+. The lowest BCUT2D eigenvalue weighted by molar-refractivity contribution is -0.157. The summed E-state index contributed by atoms with van der Waals surface area (Å²) in [6.07, 6.45) is -0.503. The van der Waals surface area contributed by atoms with Gasteiger partial charge in [-0.1, -0.05) is 18.7 Å². The van der Waals surface area contributed by atoms with Gasteiger partial charge in [0.05, 0.1) is 5.56 Å². The molecule has 7 heteroatoms. The van der Waals surface area contributed by atoms with Crippen molar-refractivity contribution >= 4 is 16.9 Å². The van der Waals surface area contributed by atoms with Crippen molar-refractivity contribution in [2.75, 3.05) is 18.1 Å². The number of hydrogen-bond acceptors (Lipinski definition) is 3. The van der Waals surface area contributed by atoms with Crippen LogP contribution >= 0.6 is 0 Å². The number of alkyl halides is 3. The van der Waals surface area contributed by atoms with Gasteiger partial charge in [-0.2, -0.15) is 13.2 Å². The molecule has 0 aromatic heterocycles. The average Bonchev–Trinajstić information content (AvgIpc) is 3.27. The summed E-state index contributed by atoms with van der Waals surface area (Å²) >= 11 is 0. The summed E-state index contributed by atoms with van der Waals surface area (Å²) in [6, 6.07) is 8.77. The van der Waals surface area contributed by atoms with E-state index in [-0.39, 0.29) is 6.61 Å². The van der Waals surface area contributed by atoms with Crippen LogP contribution in [0.5, 0.6) is 5.75 Å². The molecule has 1 aliphatic heterocycles. The molecule has 2 aromatic rings. The number of carbonyl (C=O) groups excluding carboxylic acids is 1. The van der Waals surface area contributed by atoms with E-state index >= 15 is 0 Å². The molecule has 172 valence electrons. The monoisotopic (exact) mass is 465 g/mol. The van der Waals surface area contributed by atoms with E-state index in [4.69, 9.17) is 9.47 Å². The van der Waals surface area contributed by atoms with Gasteiger partial charge >= 0.3 is 12.1 Å². The van der Waals surface area contributed by atoms with E-state index in [1.54, 1.807) is 6.92 Å². The summed E-state index contributed by atoms with van der Waals surface area (Å²) in [4.78, 5) is 13.9. The van der Waals surface area contributed by atoms with Gasteiger partial charge in [0.2, 0.25) is 0 Å². The molecular weight excluding hydrogens is 437 g/mol. The molecule has 0 aliphatic carbocycles. The summed E-state index contributed by atoms with van der Waals surface area (Å²) in [7, 11) is 0.296. The Morgan fingerprint density at radius 1 is 1.06 bits per heavy atom. The van der Waals surface area contributed by atoms with Gasteiger partial charge in [0.15, 0.2) is 17.1 Å². The first kappa shape index (κ1) is 24.2. The van der Waals surface area contributed by atoms with Gasteiger partial charge in [-0.25, -0.2) is 4.79 Å². The molecule has 0 bridgehead atoms. The van der Waals surface area contributed by atoms with Crippen LogP contribution in [0.1, 0.15) is 42.0 Å². The molecule has 1 heterocycles. The molecule has 1 saturated heterocycles. The Labute approximate surface area is 190 Å². The van der Waals surface area contributed by atoms with Crippen LogP contribution in [0.3, 0.4) is 0 Å². The van der Waals surface area contributed by atoms with Crippen LogP contribution in [-0.4, -0.2) is 24.1 Å².